The topological polar surface area (TPSA) is 68.0 Å². The molecule has 2 aromatic rings. The zero-order valence-electron chi connectivity index (χ0n) is 11.4. The van der Waals surface area contributed by atoms with Gasteiger partial charge in [0.2, 0.25) is 0 Å². The fourth-order valence-corrected chi connectivity index (χ4v) is 2.78. The van der Waals surface area contributed by atoms with Gasteiger partial charge in [0, 0.05) is 22.7 Å². The molecule has 3 rings (SSSR count). The highest BCUT2D eigenvalue weighted by Crippen LogP contribution is 2.21. The lowest BCUT2D eigenvalue weighted by Crippen LogP contribution is -2.25. The minimum Gasteiger partial charge on any atom is -0.375 e. The Labute approximate surface area is 126 Å². The Balaban J connectivity index is 1.69. The molecule has 1 heterocycles. The fourth-order valence-electron chi connectivity index (χ4n) is 2.10. The summed E-state index contributed by atoms with van der Waals surface area (Å²) in [6, 6.07) is 4.82. The number of nitrogen functional groups attached to an aromatic ring is 1. The second-order valence-corrected chi connectivity index (χ2v) is 6.37. The van der Waals surface area contributed by atoms with Crippen LogP contribution in [0.2, 0.25) is 0 Å². The highest BCUT2D eigenvalue weighted by atomic mass is 32.1. The second-order valence-electron chi connectivity index (χ2n) is 5.22. The second kappa shape index (κ2) is 5.81. The summed E-state index contributed by atoms with van der Waals surface area (Å²) in [5.41, 5.74) is 6.64. The number of nitrogens with one attached hydrogen (secondary N) is 1. The van der Waals surface area contributed by atoms with Crippen molar-refractivity contribution >= 4 is 22.4 Å². The summed E-state index contributed by atoms with van der Waals surface area (Å²) in [7, 11) is 0. The number of nitrogens with zero attached hydrogens (tertiary/aromatic N) is 1. The number of anilines is 1. The van der Waals surface area contributed by atoms with Crippen molar-refractivity contribution in [1.82, 2.24) is 10.3 Å². The van der Waals surface area contributed by atoms with E-state index in [9.17, 15) is 9.18 Å². The Bertz CT molecular complexity index is 667. The standard InChI is InChI=1S/C15H16FN3OS/c16-13-6-2-10(14(20)19-11-3-4-11)7-9(13)1-5-12-8-18-15(17)21-12/h2,6-8,11H,1,3-5H2,(H2,17,18)(H,19,20). The number of benzene rings is 1. The SMILES string of the molecule is Nc1ncc(CCc2cc(C(=O)NC3CC3)ccc2F)s1. The van der Waals surface area contributed by atoms with Crippen LogP contribution in [-0.4, -0.2) is 16.9 Å². The van der Waals surface area contributed by atoms with Gasteiger partial charge in [0.25, 0.3) is 5.91 Å². The van der Waals surface area contributed by atoms with E-state index in [0.29, 0.717) is 35.1 Å². The molecule has 1 aromatic carbocycles. The molecule has 0 spiro atoms. The van der Waals surface area contributed by atoms with E-state index in [0.717, 1.165) is 17.7 Å². The number of aromatic nitrogens is 1. The van der Waals surface area contributed by atoms with E-state index in [4.69, 9.17) is 5.73 Å². The Hall–Kier alpha value is -1.95. The summed E-state index contributed by atoms with van der Waals surface area (Å²) in [5, 5.41) is 3.42. The van der Waals surface area contributed by atoms with Gasteiger partial charge in [0.1, 0.15) is 5.82 Å². The first-order valence-corrected chi connectivity index (χ1v) is 7.73. The molecule has 1 amide bonds. The molecule has 4 nitrogen and oxygen atoms in total. The zero-order chi connectivity index (χ0) is 14.8. The van der Waals surface area contributed by atoms with Crippen molar-refractivity contribution in [3.63, 3.8) is 0 Å². The highest BCUT2D eigenvalue weighted by molar-refractivity contribution is 7.15. The minimum atomic E-state index is -0.282. The summed E-state index contributed by atoms with van der Waals surface area (Å²) in [6.07, 6.45) is 4.97. The highest BCUT2D eigenvalue weighted by Gasteiger charge is 2.24. The van der Waals surface area contributed by atoms with Crippen molar-refractivity contribution < 1.29 is 9.18 Å². The van der Waals surface area contributed by atoms with Gasteiger partial charge in [-0.1, -0.05) is 0 Å². The molecule has 1 aliphatic carbocycles. The van der Waals surface area contributed by atoms with E-state index in [1.54, 1.807) is 12.3 Å². The number of aryl methyl sites for hydroxylation is 2. The number of carbonyl (C=O) groups is 1. The van der Waals surface area contributed by atoms with Gasteiger partial charge in [-0.05, 0) is 49.4 Å². The number of hydrogen-bond acceptors (Lipinski definition) is 4. The first-order valence-electron chi connectivity index (χ1n) is 6.91. The summed E-state index contributed by atoms with van der Waals surface area (Å²) in [5.74, 6) is -0.406. The average Bonchev–Trinajstić information content (AvgIpc) is 3.18. The quantitative estimate of drug-likeness (QED) is 0.892. The van der Waals surface area contributed by atoms with Crippen molar-refractivity contribution in [2.75, 3.05) is 5.73 Å². The number of amides is 1. The molecule has 0 atom stereocenters. The van der Waals surface area contributed by atoms with E-state index in [-0.39, 0.29) is 11.7 Å². The normalized spacial score (nSPS) is 14.1. The molecule has 0 aliphatic heterocycles. The van der Waals surface area contributed by atoms with Crippen LogP contribution >= 0.6 is 11.3 Å². The smallest absolute Gasteiger partial charge is 0.251 e. The van der Waals surface area contributed by atoms with Crippen LogP contribution in [0.25, 0.3) is 0 Å². The third-order valence-electron chi connectivity index (χ3n) is 3.43. The molecule has 3 N–H and O–H groups in total. The minimum absolute atomic E-state index is 0.124. The molecule has 0 unspecified atom stereocenters. The Kier molecular flexibility index (Phi) is 3.88. The maximum atomic E-state index is 13.8. The van der Waals surface area contributed by atoms with Crippen molar-refractivity contribution in [3.05, 3.63) is 46.2 Å². The molecule has 1 saturated carbocycles. The Morgan fingerprint density at radius 2 is 2.24 bits per heavy atom. The predicted molar refractivity (Wildman–Crippen MR) is 80.8 cm³/mol. The Morgan fingerprint density at radius 1 is 1.43 bits per heavy atom. The molecule has 6 heteroatoms. The van der Waals surface area contributed by atoms with Gasteiger partial charge in [-0.3, -0.25) is 4.79 Å². The van der Waals surface area contributed by atoms with Gasteiger partial charge in [-0.2, -0.15) is 0 Å². The number of hydrogen-bond donors (Lipinski definition) is 2. The van der Waals surface area contributed by atoms with E-state index in [1.165, 1.54) is 23.5 Å². The van der Waals surface area contributed by atoms with Crippen LogP contribution in [0.4, 0.5) is 9.52 Å². The van der Waals surface area contributed by atoms with Gasteiger partial charge in [0.05, 0.1) is 0 Å². The lowest BCUT2D eigenvalue weighted by molar-refractivity contribution is 0.0951. The number of rotatable bonds is 5. The van der Waals surface area contributed by atoms with Crippen LogP contribution in [0, 0.1) is 5.82 Å². The van der Waals surface area contributed by atoms with Crippen LogP contribution < -0.4 is 11.1 Å². The lowest BCUT2D eigenvalue weighted by atomic mass is 10.0. The Morgan fingerprint density at radius 3 is 2.90 bits per heavy atom. The van der Waals surface area contributed by atoms with Crippen LogP contribution in [0.5, 0.6) is 0 Å². The van der Waals surface area contributed by atoms with Crippen LogP contribution in [0.3, 0.4) is 0 Å². The number of thiazole rings is 1. The van der Waals surface area contributed by atoms with Crippen molar-refractivity contribution in [2.24, 2.45) is 0 Å². The molecule has 1 aliphatic rings. The third-order valence-corrected chi connectivity index (χ3v) is 4.32. The van der Waals surface area contributed by atoms with Crippen LogP contribution in [0.15, 0.2) is 24.4 Å². The molecule has 1 fully saturated rings. The van der Waals surface area contributed by atoms with E-state index >= 15 is 0 Å². The van der Waals surface area contributed by atoms with Crippen molar-refractivity contribution in [3.8, 4) is 0 Å². The molecule has 0 saturated heterocycles. The largest absolute Gasteiger partial charge is 0.375 e. The van der Waals surface area contributed by atoms with E-state index < -0.39 is 0 Å². The predicted octanol–water partition coefficient (Wildman–Crippen LogP) is 2.54. The molecule has 0 radical (unpaired) electrons. The summed E-state index contributed by atoms with van der Waals surface area (Å²) in [6.45, 7) is 0. The monoisotopic (exact) mass is 305 g/mol. The van der Waals surface area contributed by atoms with E-state index in [1.807, 2.05) is 0 Å². The summed E-state index contributed by atoms with van der Waals surface area (Å²) < 4.78 is 13.8. The first kappa shape index (κ1) is 14.0. The fraction of sp³-hybridized carbons (Fsp3) is 0.333. The van der Waals surface area contributed by atoms with Crippen molar-refractivity contribution in [2.45, 2.75) is 31.7 Å². The summed E-state index contributed by atoms with van der Waals surface area (Å²) >= 11 is 1.40. The summed E-state index contributed by atoms with van der Waals surface area (Å²) in [4.78, 5) is 17.0. The van der Waals surface area contributed by atoms with Gasteiger partial charge < -0.3 is 11.1 Å². The van der Waals surface area contributed by atoms with Gasteiger partial charge in [-0.25, -0.2) is 9.37 Å². The molecular weight excluding hydrogens is 289 g/mol. The molecule has 110 valence electrons. The zero-order valence-corrected chi connectivity index (χ0v) is 12.3. The average molecular weight is 305 g/mol. The molecule has 21 heavy (non-hydrogen) atoms. The van der Waals surface area contributed by atoms with Gasteiger partial charge in [-0.15, -0.1) is 11.3 Å². The van der Waals surface area contributed by atoms with Crippen LogP contribution in [0.1, 0.15) is 33.6 Å². The molecule has 1 aromatic heterocycles. The molecular formula is C15H16FN3OS. The maximum Gasteiger partial charge on any atom is 0.251 e. The lowest BCUT2D eigenvalue weighted by Gasteiger charge is -2.07. The van der Waals surface area contributed by atoms with E-state index in [2.05, 4.69) is 10.3 Å². The van der Waals surface area contributed by atoms with Gasteiger partial charge >= 0.3 is 0 Å². The number of carbonyl (C=O) groups excluding carboxylic acids is 1. The van der Waals surface area contributed by atoms with Gasteiger partial charge in [0.15, 0.2) is 5.13 Å². The number of halogens is 1. The third kappa shape index (κ3) is 3.58. The molecule has 0 bridgehead atoms. The van der Waals surface area contributed by atoms with Crippen molar-refractivity contribution in [1.29, 1.82) is 0 Å². The van der Waals surface area contributed by atoms with Crippen LogP contribution in [-0.2, 0) is 12.8 Å². The number of nitrogens with two attached hydrogens (primary N) is 1. The maximum absolute atomic E-state index is 13.8. The first-order chi connectivity index (χ1) is 10.1.